The van der Waals surface area contributed by atoms with Gasteiger partial charge in [0.25, 0.3) is 5.91 Å². The molecule has 142 valence electrons. The molecule has 0 radical (unpaired) electrons. The second-order valence-electron chi connectivity index (χ2n) is 7.60. The third-order valence-corrected chi connectivity index (χ3v) is 4.95. The molecular formula is C22H27N3O2. The number of pyridine rings is 1. The van der Waals surface area contributed by atoms with Crippen LogP contribution in [0.2, 0.25) is 0 Å². The van der Waals surface area contributed by atoms with E-state index in [4.69, 9.17) is 0 Å². The first-order valence-electron chi connectivity index (χ1n) is 9.67. The summed E-state index contributed by atoms with van der Waals surface area (Å²) in [5.41, 5.74) is 3.09. The smallest absolute Gasteiger partial charge is 0.252 e. The molecule has 1 aliphatic carbocycles. The molecule has 2 amide bonds. The largest absolute Gasteiger partial charge is 0.352 e. The molecule has 0 aliphatic heterocycles. The van der Waals surface area contributed by atoms with Crippen LogP contribution in [0.5, 0.6) is 0 Å². The van der Waals surface area contributed by atoms with Crippen LogP contribution in [0.1, 0.15) is 49.9 Å². The Balaban J connectivity index is 1.69. The number of carbonyl (C=O) groups is 2. The Kier molecular flexibility index (Phi) is 6.22. The van der Waals surface area contributed by atoms with Gasteiger partial charge >= 0.3 is 0 Å². The Labute approximate surface area is 160 Å². The van der Waals surface area contributed by atoms with Gasteiger partial charge in [-0.2, -0.15) is 0 Å². The lowest BCUT2D eigenvalue weighted by Crippen LogP contribution is -2.28. The second kappa shape index (κ2) is 8.80. The van der Waals surface area contributed by atoms with Gasteiger partial charge in [-0.25, -0.2) is 0 Å². The van der Waals surface area contributed by atoms with Gasteiger partial charge in [0.15, 0.2) is 0 Å². The van der Waals surface area contributed by atoms with Gasteiger partial charge < -0.3 is 10.6 Å². The minimum Gasteiger partial charge on any atom is -0.352 e. The molecule has 1 aliphatic rings. The van der Waals surface area contributed by atoms with E-state index in [1.807, 2.05) is 30.3 Å². The summed E-state index contributed by atoms with van der Waals surface area (Å²) >= 11 is 0. The second-order valence-corrected chi connectivity index (χ2v) is 7.60. The van der Waals surface area contributed by atoms with Gasteiger partial charge in [-0.05, 0) is 48.9 Å². The fourth-order valence-corrected chi connectivity index (χ4v) is 2.99. The van der Waals surface area contributed by atoms with Crippen molar-refractivity contribution in [2.24, 2.45) is 11.8 Å². The molecule has 5 nitrogen and oxygen atoms in total. The monoisotopic (exact) mass is 365 g/mol. The lowest BCUT2D eigenvalue weighted by molar-refractivity contribution is -0.122. The summed E-state index contributed by atoms with van der Waals surface area (Å²) in [6.07, 6.45) is 7.35. The zero-order valence-electron chi connectivity index (χ0n) is 16.0. The standard InChI is InChI=1S/C22H27N3O2/c1-15(2)9-10-24-21(26)19-11-18(13-23-14-19)17-7-4-8-20(12-17)25-22(27)16-5-3-6-16/h4,7-8,11-16H,3,5-6,9-10H2,1-2H3,(H,24,26)(H,25,27). The molecular weight excluding hydrogens is 338 g/mol. The van der Waals surface area contributed by atoms with Crippen molar-refractivity contribution in [3.05, 3.63) is 48.3 Å². The summed E-state index contributed by atoms with van der Waals surface area (Å²) in [4.78, 5) is 28.7. The Hall–Kier alpha value is -2.69. The Morgan fingerprint density at radius 2 is 1.96 bits per heavy atom. The van der Waals surface area contributed by atoms with Crippen molar-refractivity contribution in [2.45, 2.75) is 39.5 Å². The highest BCUT2D eigenvalue weighted by Crippen LogP contribution is 2.28. The van der Waals surface area contributed by atoms with Crippen LogP contribution in [0.25, 0.3) is 11.1 Å². The first kappa shape index (κ1) is 19.1. The van der Waals surface area contributed by atoms with Crippen LogP contribution in [0, 0.1) is 11.8 Å². The maximum absolute atomic E-state index is 12.3. The number of anilines is 1. The molecule has 2 aromatic rings. The van der Waals surface area contributed by atoms with Gasteiger partial charge in [-0.3, -0.25) is 14.6 Å². The van der Waals surface area contributed by atoms with E-state index in [0.717, 1.165) is 42.5 Å². The highest BCUT2D eigenvalue weighted by atomic mass is 16.2. The molecule has 27 heavy (non-hydrogen) atoms. The van der Waals surface area contributed by atoms with Crippen molar-refractivity contribution in [3.63, 3.8) is 0 Å². The number of benzene rings is 1. The van der Waals surface area contributed by atoms with Crippen LogP contribution in [0.4, 0.5) is 5.69 Å². The summed E-state index contributed by atoms with van der Waals surface area (Å²) in [6, 6.07) is 9.51. The molecule has 1 fully saturated rings. The minimum atomic E-state index is -0.112. The van der Waals surface area contributed by atoms with E-state index in [0.29, 0.717) is 18.0 Å². The summed E-state index contributed by atoms with van der Waals surface area (Å²) < 4.78 is 0. The van der Waals surface area contributed by atoms with E-state index in [9.17, 15) is 9.59 Å². The highest BCUT2D eigenvalue weighted by Gasteiger charge is 2.25. The average molecular weight is 365 g/mol. The predicted octanol–water partition coefficient (Wildman–Crippen LogP) is 4.26. The zero-order valence-corrected chi connectivity index (χ0v) is 16.0. The molecule has 2 N–H and O–H groups in total. The number of aromatic nitrogens is 1. The fourth-order valence-electron chi connectivity index (χ4n) is 2.99. The van der Waals surface area contributed by atoms with Crippen molar-refractivity contribution in [2.75, 3.05) is 11.9 Å². The van der Waals surface area contributed by atoms with Crippen LogP contribution in [0.15, 0.2) is 42.7 Å². The highest BCUT2D eigenvalue weighted by molar-refractivity contribution is 5.95. The Morgan fingerprint density at radius 1 is 1.15 bits per heavy atom. The van der Waals surface area contributed by atoms with Crippen molar-refractivity contribution >= 4 is 17.5 Å². The fraction of sp³-hybridized carbons (Fsp3) is 0.409. The SMILES string of the molecule is CC(C)CCNC(=O)c1cncc(-c2cccc(NC(=O)C3CCC3)c2)c1. The van der Waals surface area contributed by atoms with Crippen molar-refractivity contribution in [3.8, 4) is 11.1 Å². The molecule has 1 aromatic heterocycles. The maximum atomic E-state index is 12.3. The van der Waals surface area contributed by atoms with Crippen LogP contribution < -0.4 is 10.6 Å². The van der Waals surface area contributed by atoms with E-state index >= 15 is 0 Å². The molecule has 1 aromatic carbocycles. The summed E-state index contributed by atoms with van der Waals surface area (Å²) in [7, 11) is 0. The molecule has 0 spiro atoms. The number of rotatable bonds is 7. The van der Waals surface area contributed by atoms with E-state index in [1.54, 1.807) is 12.4 Å². The number of nitrogens with one attached hydrogen (secondary N) is 2. The van der Waals surface area contributed by atoms with Crippen LogP contribution in [-0.4, -0.2) is 23.3 Å². The van der Waals surface area contributed by atoms with E-state index < -0.39 is 0 Å². The molecule has 0 unspecified atom stereocenters. The first-order valence-corrected chi connectivity index (χ1v) is 9.67. The Bertz CT molecular complexity index is 813. The molecule has 5 heteroatoms. The summed E-state index contributed by atoms with van der Waals surface area (Å²) in [5.74, 6) is 0.676. The van der Waals surface area contributed by atoms with Crippen LogP contribution >= 0.6 is 0 Å². The number of carbonyl (C=O) groups excluding carboxylic acids is 2. The average Bonchev–Trinajstić information content (AvgIpc) is 2.60. The van der Waals surface area contributed by atoms with Gasteiger partial charge in [-0.15, -0.1) is 0 Å². The quantitative estimate of drug-likeness (QED) is 0.770. The summed E-state index contributed by atoms with van der Waals surface area (Å²) in [5, 5.41) is 5.93. The van der Waals surface area contributed by atoms with Gasteiger partial charge in [0.05, 0.1) is 5.56 Å². The molecule has 0 saturated heterocycles. The number of nitrogens with zero attached hydrogens (tertiary/aromatic N) is 1. The third-order valence-electron chi connectivity index (χ3n) is 4.95. The summed E-state index contributed by atoms with van der Waals surface area (Å²) in [6.45, 7) is 4.92. The zero-order chi connectivity index (χ0) is 19.2. The molecule has 0 atom stereocenters. The van der Waals surface area contributed by atoms with E-state index in [2.05, 4.69) is 29.5 Å². The molecule has 0 bridgehead atoms. The topological polar surface area (TPSA) is 71.1 Å². The first-order chi connectivity index (χ1) is 13.0. The normalized spacial score (nSPS) is 13.9. The van der Waals surface area contributed by atoms with Gasteiger partial charge in [0, 0.05) is 36.1 Å². The van der Waals surface area contributed by atoms with E-state index in [-0.39, 0.29) is 17.7 Å². The third kappa shape index (κ3) is 5.16. The lowest BCUT2D eigenvalue weighted by atomic mass is 9.85. The van der Waals surface area contributed by atoms with Gasteiger partial charge in [0.2, 0.25) is 5.91 Å². The number of hydrogen-bond acceptors (Lipinski definition) is 3. The Morgan fingerprint density at radius 3 is 2.67 bits per heavy atom. The molecule has 3 rings (SSSR count). The molecule has 1 heterocycles. The number of amides is 2. The predicted molar refractivity (Wildman–Crippen MR) is 107 cm³/mol. The van der Waals surface area contributed by atoms with Crippen LogP contribution in [0.3, 0.4) is 0 Å². The lowest BCUT2D eigenvalue weighted by Gasteiger charge is -2.24. The van der Waals surface area contributed by atoms with Crippen molar-refractivity contribution in [1.29, 1.82) is 0 Å². The van der Waals surface area contributed by atoms with Crippen LogP contribution in [-0.2, 0) is 4.79 Å². The number of hydrogen-bond donors (Lipinski definition) is 2. The van der Waals surface area contributed by atoms with E-state index in [1.165, 1.54) is 0 Å². The van der Waals surface area contributed by atoms with Crippen molar-refractivity contribution in [1.82, 2.24) is 10.3 Å². The maximum Gasteiger partial charge on any atom is 0.252 e. The van der Waals surface area contributed by atoms with Gasteiger partial charge in [0.1, 0.15) is 0 Å². The minimum absolute atomic E-state index is 0.0924. The van der Waals surface area contributed by atoms with Gasteiger partial charge in [-0.1, -0.05) is 32.4 Å². The van der Waals surface area contributed by atoms with Crippen molar-refractivity contribution < 1.29 is 9.59 Å². The molecule has 1 saturated carbocycles.